The molecule has 0 saturated carbocycles. The Morgan fingerprint density at radius 3 is 1.23 bits per heavy atom. The molecule has 0 fully saturated rings. The molecule has 6 aliphatic rings. The maximum atomic E-state index is 3.38. The predicted molar refractivity (Wildman–Crippen MR) is 405 cm³/mol. The normalized spacial score (nSPS) is 11.8. The minimum atomic E-state index is 0. The quantitative estimate of drug-likeness (QED) is 0.107. The summed E-state index contributed by atoms with van der Waals surface area (Å²) in [6.07, 6.45) is 13.0. The van der Waals surface area contributed by atoms with Crippen LogP contribution in [0.3, 0.4) is 0 Å². The largest absolute Gasteiger partial charge is 0.242 e. The van der Waals surface area contributed by atoms with Crippen molar-refractivity contribution in [2.45, 2.75) is 39.3 Å². The summed E-state index contributed by atoms with van der Waals surface area (Å²) in [6.45, 7) is 5.81. The molecule has 12 heterocycles. The topological polar surface area (TPSA) is 23.3 Å². The Morgan fingerprint density at radius 1 is 0.222 bits per heavy atom. The summed E-state index contributed by atoms with van der Waals surface area (Å²) in [6, 6.07) is 122. The van der Waals surface area contributed by atoms with Crippen molar-refractivity contribution in [2.24, 2.45) is 0 Å². The van der Waals surface area contributed by atoms with Crippen molar-refractivity contribution in [3.63, 3.8) is 0 Å². The number of rotatable bonds is 0. The molecule has 0 saturated heterocycles. The Kier molecular flexibility index (Phi) is 24.4. The Morgan fingerprint density at radius 2 is 0.593 bits per heavy atom. The van der Waals surface area contributed by atoms with Crippen LogP contribution in [0.2, 0.25) is 0 Å². The molecule has 108 heavy (non-hydrogen) atoms. The fourth-order valence-electron chi connectivity index (χ4n) is 16.1. The van der Waals surface area contributed by atoms with Crippen LogP contribution in [0.15, 0.2) is 328 Å². The first-order valence-electron chi connectivity index (χ1n) is 35.1. The van der Waals surface area contributed by atoms with Gasteiger partial charge < -0.3 is 0 Å². The number of pyridine rings is 6. The van der Waals surface area contributed by atoms with Crippen molar-refractivity contribution >= 4 is 64.6 Å². The maximum absolute atomic E-state index is 3.38. The molecule has 0 amide bonds. The third kappa shape index (κ3) is 14.5. The minimum Gasteiger partial charge on any atom is -0.242 e. The van der Waals surface area contributed by atoms with Gasteiger partial charge in [0.05, 0.1) is 5.39 Å². The minimum absolute atomic E-state index is 0. The molecule has 0 bridgehead atoms. The fourth-order valence-corrected chi connectivity index (χ4v) is 16.1. The van der Waals surface area contributed by atoms with Gasteiger partial charge in [-0.1, -0.05) is 183 Å². The summed E-state index contributed by atoms with van der Waals surface area (Å²) in [4.78, 5) is 0. The summed E-state index contributed by atoms with van der Waals surface area (Å²) in [5, 5.41) is 15.5. The van der Waals surface area contributed by atoms with Gasteiger partial charge in [0.1, 0.15) is 30.7 Å². The van der Waals surface area contributed by atoms with Gasteiger partial charge in [0.25, 0.3) is 0 Å². The van der Waals surface area contributed by atoms with Crippen LogP contribution in [0, 0.1) is 36.4 Å². The molecule has 24 rings (SSSR count). The van der Waals surface area contributed by atoms with Gasteiger partial charge >= 0.3 is 0 Å². The predicted octanol–water partition coefficient (Wildman–Crippen LogP) is 17.7. The van der Waals surface area contributed by atoms with Gasteiger partial charge in [-0.3, -0.25) is 0 Å². The van der Waals surface area contributed by atoms with E-state index in [1.54, 1.807) is 0 Å². The SMILES string of the molecule is [W].[W].[W].[W].[W].[W].[c-]1ccc2c(c1)-c1c3ccccc3cc[n+]1C2.[c-]1ccc2c(c1)C[n+]1ccc3ccccc3c1-2.[c-]1cccc2c1-c1c3ccccc3cc[n+]1C2.[c-]1cccc2c1C[n+]1ccc3ccccc3c1-2.[c-]1cccc2c3[n+](ccc12)Cc1ccccc1-3.[c-]1cccc2cc[n+]3c(c12)-c1ccccc1C3. The van der Waals surface area contributed by atoms with E-state index in [0.717, 1.165) is 39.3 Å². The van der Waals surface area contributed by atoms with Crippen LogP contribution >= 0.6 is 0 Å². The summed E-state index contributed by atoms with van der Waals surface area (Å²) in [7, 11) is 0. The van der Waals surface area contributed by atoms with Crippen molar-refractivity contribution in [3.8, 4) is 67.5 Å². The van der Waals surface area contributed by atoms with Gasteiger partial charge in [-0.25, -0.2) is 27.4 Å². The number of nitrogens with zero attached hydrogens (tertiary/aromatic N) is 6. The molecular weight excluding hydrogens is 2340 g/mol. The molecule has 0 unspecified atom stereocenters. The third-order valence-electron chi connectivity index (χ3n) is 20.8. The van der Waals surface area contributed by atoms with Gasteiger partial charge in [0.15, 0.2) is 79.9 Å². The summed E-state index contributed by atoms with van der Waals surface area (Å²) in [5.41, 5.74) is 24.1. The first-order valence-corrected chi connectivity index (χ1v) is 35.1. The van der Waals surface area contributed by atoms with Crippen molar-refractivity contribution < 1.29 is 154 Å². The molecule has 6 aromatic heterocycles. The average molecular weight is 2410 g/mol. The number of hydrogen-bond acceptors (Lipinski definition) is 0. The molecule has 0 atom stereocenters. The van der Waals surface area contributed by atoms with E-state index in [-0.39, 0.29) is 126 Å². The number of fused-ring (bicyclic) bond motifs is 30. The van der Waals surface area contributed by atoms with Crippen LogP contribution in [0.1, 0.15) is 33.4 Å². The monoisotopic (exact) mass is 2410 g/mol. The van der Waals surface area contributed by atoms with Crippen molar-refractivity contribution in [2.75, 3.05) is 0 Å². The number of aromatic nitrogens is 6. The smallest absolute Gasteiger partial charge is 0.195 e. The molecule has 6 aliphatic heterocycles. The first-order chi connectivity index (χ1) is 50.6. The van der Waals surface area contributed by atoms with E-state index in [4.69, 9.17) is 0 Å². The summed E-state index contributed by atoms with van der Waals surface area (Å²) in [5.74, 6) is 0. The zero-order valence-corrected chi connectivity index (χ0v) is 76.2. The van der Waals surface area contributed by atoms with Crippen LogP contribution < -0.4 is 27.4 Å². The zero-order chi connectivity index (χ0) is 67.5. The molecule has 0 aliphatic carbocycles. The van der Waals surface area contributed by atoms with Crippen molar-refractivity contribution in [1.82, 2.24) is 0 Å². The Balaban J connectivity index is 0.000000113. The molecule has 12 aromatic carbocycles. The van der Waals surface area contributed by atoms with Gasteiger partial charge in [-0.15, -0.1) is 78.2 Å². The Labute approximate surface area is 715 Å². The van der Waals surface area contributed by atoms with Crippen LogP contribution in [-0.2, 0) is 166 Å². The average Bonchev–Trinajstić information content (AvgIpc) is 1.64. The molecule has 0 radical (unpaired) electrons. The second-order valence-corrected chi connectivity index (χ2v) is 26.7. The van der Waals surface area contributed by atoms with Crippen molar-refractivity contribution in [3.05, 3.63) is 398 Å². The van der Waals surface area contributed by atoms with Gasteiger partial charge in [0.2, 0.25) is 0 Å². The summed E-state index contributed by atoms with van der Waals surface area (Å²) >= 11 is 0. The first kappa shape index (κ1) is 77.4. The molecule has 516 valence electrons. The molecule has 0 spiro atoms. The van der Waals surface area contributed by atoms with Crippen molar-refractivity contribution in [1.29, 1.82) is 0 Å². The number of benzene rings is 12. The van der Waals surface area contributed by atoms with E-state index in [2.05, 4.69) is 350 Å². The van der Waals surface area contributed by atoms with Crippen LogP contribution in [0.5, 0.6) is 0 Å². The van der Waals surface area contributed by atoms with Gasteiger partial charge in [-0.2, -0.15) is 72.8 Å². The van der Waals surface area contributed by atoms with Crippen LogP contribution in [-0.4, -0.2) is 0 Å². The number of hydrogen-bond donors (Lipinski definition) is 0. The molecule has 18 aromatic rings. The van der Waals surface area contributed by atoms with E-state index >= 15 is 0 Å². The van der Waals surface area contributed by atoms with E-state index < -0.39 is 0 Å². The second-order valence-electron chi connectivity index (χ2n) is 26.7. The van der Waals surface area contributed by atoms with Gasteiger partial charge in [0, 0.05) is 189 Å². The summed E-state index contributed by atoms with van der Waals surface area (Å²) < 4.78 is 13.9. The van der Waals surface area contributed by atoms with E-state index in [0.29, 0.717) is 0 Å². The maximum Gasteiger partial charge on any atom is 0.195 e. The fraction of sp³-hybridized carbons (Fsp3) is 0.0625. The Bertz CT molecular complexity index is 5400. The van der Waals surface area contributed by atoms with E-state index in [1.165, 1.54) is 166 Å². The van der Waals surface area contributed by atoms with Crippen LogP contribution in [0.4, 0.5) is 0 Å². The van der Waals surface area contributed by atoms with E-state index in [1.807, 2.05) is 42.5 Å². The molecule has 6 nitrogen and oxygen atoms in total. The van der Waals surface area contributed by atoms with Gasteiger partial charge in [-0.05, 0) is 57.3 Å². The molecule has 0 N–H and O–H groups in total. The zero-order valence-electron chi connectivity index (χ0n) is 58.6. The molecular formula is C96H66N6W6. The second kappa shape index (κ2) is 34.0. The Hall–Kier alpha value is -8.77. The third-order valence-corrected chi connectivity index (χ3v) is 20.8. The van der Waals surface area contributed by atoms with Crippen LogP contribution in [0.25, 0.3) is 132 Å². The molecule has 12 heteroatoms. The van der Waals surface area contributed by atoms with E-state index in [9.17, 15) is 0 Å². The standard InChI is InChI=1S/6C16H11N.6W/c6*1-3-7-14-12(5-1)9-10-17-11-13-6-2-4-8-15(13)16(14)17;;;;;;/h1,3-10H,11H2;1-3,5-10H,11H2;1-4,6-10H,11H2;1-5,7-10H,11H2;1-6,8-10H,11H2;1-7,9-10H,11H2;;;;;;.